The first-order valence-electron chi connectivity index (χ1n) is 4.19. The predicted molar refractivity (Wildman–Crippen MR) is 59.4 cm³/mol. The number of sulfonamides is 1. The van der Waals surface area contributed by atoms with Gasteiger partial charge in [0.1, 0.15) is 0 Å². The van der Waals surface area contributed by atoms with Gasteiger partial charge in [0.15, 0.2) is 9.84 Å². The monoisotopic (exact) mass is 278 g/mol. The lowest BCUT2D eigenvalue weighted by Crippen LogP contribution is -2.17. The maximum absolute atomic E-state index is 11.3. The molecule has 0 radical (unpaired) electrons. The predicted octanol–water partition coefficient (Wildman–Crippen LogP) is -1.16. The molecule has 0 heterocycles. The van der Waals surface area contributed by atoms with Gasteiger partial charge in [-0.25, -0.2) is 22.0 Å². The first-order chi connectivity index (χ1) is 7.51. The fourth-order valence-electron chi connectivity index (χ4n) is 1.09. The lowest BCUT2D eigenvalue weighted by Gasteiger charge is -2.05. The fourth-order valence-corrected chi connectivity index (χ4v) is 2.43. The van der Waals surface area contributed by atoms with Crippen molar-refractivity contribution in [2.24, 2.45) is 10.9 Å². The number of carbonyl (C=O) groups is 1. The molecular formula is C8H10N2O5S2. The Balaban J connectivity index is 3.68. The van der Waals surface area contributed by atoms with Crippen molar-refractivity contribution < 1.29 is 21.6 Å². The van der Waals surface area contributed by atoms with Gasteiger partial charge in [-0.1, -0.05) is 0 Å². The third-order valence-electron chi connectivity index (χ3n) is 1.92. The molecule has 9 heteroatoms. The SMILES string of the molecule is CS(=O)(=O)c1cc(C(N)=O)cc(S(N)(=O)=O)c1. The van der Waals surface area contributed by atoms with Crippen molar-refractivity contribution >= 4 is 25.8 Å². The summed E-state index contributed by atoms with van der Waals surface area (Å²) in [5, 5.41) is 4.86. The summed E-state index contributed by atoms with van der Waals surface area (Å²) >= 11 is 0. The second kappa shape index (κ2) is 4.09. The van der Waals surface area contributed by atoms with Gasteiger partial charge in [0.25, 0.3) is 0 Å². The van der Waals surface area contributed by atoms with Crippen molar-refractivity contribution in [1.82, 2.24) is 0 Å². The van der Waals surface area contributed by atoms with E-state index in [1.165, 1.54) is 0 Å². The maximum atomic E-state index is 11.3. The number of sulfone groups is 1. The van der Waals surface area contributed by atoms with Crippen molar-refractivity contribution in [1.29, 1.82) is 0 Å². The van der Waals surface area contributed by atoms with Crippen LogP contribution in [-0.2, 0) is 19.9 Å². The molecule has 1 aromatic carbocycles. The first kappa shape index (κ1) is 13.6. The minimum Gasteiger partial charge on any atom is -0.366 e. The van der Waals surface area contributed by atoms with Crippen LogP contribution in [0.4, 0.5) is 0 Å². The largest absolute Gasteiger partial charge is 0.366 e. The molecule has 0 spiro atoms. The molecule has 0 aliphatic carbocycles. The zero-order chi connectivity index (χ0) is 13.4. The van der Waals surface area contributed by atoms with Crippen LogP contribution in [0.1, 0.15) is 10.4 Å². The normalized spacial score (nSPS) is 12.4. The Morgan fingerprint density at radius 2 is 1.53 bits per heavy atom. The van der Waals surface area contributed by atoms with Crippen molar-refractivity contribution in [2.45, 2.75) is 9.79 Å². The molecule has 0 saturated heterocycles. The number of primary amides is 1. The van der Waals surface area contributed by atoms with Crippen LogP contribution in [0.5, 0.6) is 0 Å². The minimum atomic E-state index is -4.11. The number of benzene rings is 1. The molecule has 1 rings (SSSR count). The number of hydrogen-bond acceptors (Lipinski definition) is 5. The number of amides is 1. The molecule has 0 saturated carbocycles. The molecule has 94 valence electrons. The van der Waals surface area contributed by atoms with Gasteiger partial charge in [0.05, 0.1) is 9.79 Å². The Hall–Kier alpha value is -1.45. The molecule has 0 aliphatic heterocycles. The molecule has 0 aromatic heterocycles. The Bertz CT molecular complexity index is 626. The molecule has 0 aliphatic rings. The van der Waals surface area contributed by atoms with Crippen LogP contribution in [0.3, 0.4) is 0 Å². The van der Waals surface area contributed by atoms with Gasteiger partial charge >= 0.3 is 0 Å². The number of nitrogens with two attached hydrogens (primary N) is 2. The topological polar surface area (TPSA) is 137 Å². The van der Waals surface area contributed by atoms with Crippen molar-refractivity contribution in [3.8, 4) is 0 Å². The number of hydrogen-bond donors (Lipinski definition) is 2. The summed E-state index contributed by atoms with van der Waals surface area (Å²) in [4.78, 5) is 10.1. The van der Waals surface area contributed by atoms with E-state index >= 15 is 0 Å². The van der Waals surface area contributed by atoms with E-state index in [0.717, 1.165) is 24.5 Å². The molecule has 0 bridgehead atoms. The highest BCUT2D eigenvalue weighted by atomic mass is 32.2. The number of primary sulfonamides is 1. The van der Waals surface area contributed by atoms with Crippen LogP contribution in [0.2, 0.25) is 0 Å². The van der Waals surface area contributed by atoms with E-state index in [4.69, 9.17) is 10.9 Å². The smallest absolute Gasteiger partial charge is 0.248 e. The Kier molecular flexibility index (Phi) is 3.28. The van der Waals surface area contributed by atoms with E-state index < -0.39 is 30.7 Å². The Morgan fingerprint density at radius 3 is 1.88 bits per heavy atom. The third kappa shape index (κ3) is 3.25. The van der Waals surface area contributed by atoms with Crippen LogP contribution in [-0.4, -0.2) is 29.0 Å². The van der Waals surface area contributed by atoms with Gasteiger partial charge in [0, 0.05) is 11.8 Å². The zero-order valence-electron chi connectivity index (χ0n) is 8.74. The van der Waals surface area contributed by atoms with E-state index in [9.17, 15) is 21.6 Å². The molecule has 0 atom stereocenters. The van der Waals surface area contributed by atoms with E-state index in [1.54, 1.807) is 0 Å². The van der Waals surface area contributed by atoms with Gasteiger partial charge in [-0.05, 0) is 18.2 Å². The summed E-state index contributed by atoms with van der Waals surface area (Å²) < 4.78 is 44.8. The van der Waals surface area contributed by atoms with Crippen LogP contribution in [0.25, 0.3) is 0 Å². The van der Waals surface area contributed by atoms with E-state index in [1.807, 2.05) is 0 Å². The zero-order valence-corrected chi connectivity index (χ0v) is 10.4. The van der Waals surface area contributed by atoms with Gasteiger partial charge in [-0.2, -0.15) is 0 Å². The van der Waals surface area contributed by atoms with Crippen LogP contribution in [0.15, 0.2) is 28.0 Å². The van der Waals surface area contributed by atoms with Gasteiger partial charge in [0.2, 0.25) is 15.9 Å². The molecule has 0 unspecified atom stereocenters. The highest BCUT2D eigenvalue weighted by Crippen LogP contribution is 2.17. The van der Waals surface area contributed by atoms with Gasteiger partial charge in [-0.15, -0.1) is 0 Å². The summed E-state index contributed by atoms with van der Waals surface area (Å²) in [7, 11) is -7.78. The summed E-state index contributed by atoms with van der Waals surface area (Å²) in [6.45, 7) is 0. The summed E-state index contributed by atoms with van der Waals surface area (Å²) in [6, 6.07) is 2.79. The minimum absolute atomic E-state index is 0.239. The van der Waals surface area contributed by atoms with Crippen LogP contribution >= 0.6 is 0 Å². The maximum Gasteiger partial charge on any atom is 0.248 e. The lowest BCUT2D eigenvalue weighted by atomic mass is 10.2. The molecule has 4 N–H and O–H groups in total. The van der Waals surface area contributed by atoms with Crippen molar-refractivity contribution in [2.75, 3.05) is 6.26 Å². The van der Waals surface area contributed by atoms with Crippen molar-refractivity contribution in [3.63, 3.8) is 0 Å². The number of rotatable bonds is 3. The van der Waals surface area contributed by atoms with E-state index in [2.05, 4.69) is 0 Å². The Morgan fingerprint density at radius 1 is 1.06 bits per heavy atom. The van der Waals surface area contributed by atoms with Gasteiger partial charge < -0.3 is 5.73 Å². The highest BCUT2D eigenvalue weighted by Gasteiger charge is 2.17. The quantitative estimate of drug-likeness (QED) is 0.718. The molecule has 1 amide bonds. The highest BCUT2D eigenvalue weighted by molar-refractivity contribution is 7.91. The summed E-state index contributed by atoms with van der Waals surface area (Å²) in [5.74, 6) is -0.944. The average Bonchev–Trinajstić information content (AvgIpc) is 2.14. The first-order valence-corrected chi connectivity index (χ1v) is 7.63. The molecular weight excluding hydrogens is 268 g/mol. The van der Waals surface area contributed by atoms with E-state index in [-0.39, 0.29) is 10.5 Å². The molecule has 17 heavy (non-hydrogen) atoms. The summed E-state index contributed by atoms with van der Waals surface area (Å²) in [5.41, 5.74) is 4.73. The lowest BCUT2D eigenvalue weighted by molar-refractivity contribution is 0.1000. The average molecular weight is 278 g/mol. The van der Waals surface area contributed by atoms with Crippen molar-refractivity contribution in [3.05, 3.63) is 23.8 Å². The molecule has 1 aromatic rings. The van der Waals surface area contributed by atoms with Gasteiger partial charge in [-0.3, -0.25) is 4.79 Å². The van der Waals surface area contributed by atoms with Crippen LogP contribution < -0.4 is 10.9 Å². The number of carbonyl (C=O) groups excluding carboxylic acids is 1. The second-order valence-electron chi connectivity index (χ2n) is 3.37. The second-order valence-corrected chi connectivity index (χ2v) is 6.95. The summed E-state index contributed by atoms with van der Waals surface area (Å²) in [6.07, 6.45) is 0.875. The fraction of sp³-hybridized carbons (Fsp3) is 0.125. The molecule has 7 nitrogen and oxygen atoms in total. The third-order valence-corrected chi connectivity index (χ3v) is 3.91. The van der Waals surface area contributed by atoms with E-state index in [0.29, 0.717) is 0 Å². The van der Waals surface area contributed by atoms with Crippen LogP contribution in [0, 0.1) is 0 Å². The Labute approximate surface area is 98.4 Å². The standard InChI is InChI=1S/C8H10N2O5S2/c1-16(12,13)6-2-5(8(9)11)3-7(4-6)17(10,14)15/h2-4H,1H3,(H2,9,11)(H2,10,14,15). The molecule has 0 fully saturated rings.